The number of aliphatic hydroxyl groups is 2. The number of hydrogen-bond acceptors (Lipinski definition) is 10. The highest BCUT2D eigenvalue weighted by Crippen LogP contribution is 2.35. The molecule has 14 nitrogen and oxygen atoms in total. The van der Waals surface area contributed by atoms with Crippen LogP contribution in [-0.2, 0) is 26.2 Å². The van der Waals surface area contributed by atoms with Gasteiger partial charge in [0.2, 0.25) is 11.8 Å². The van der Waals surface area contributed by atoms with Crippen molar-refractivity contribution in [2.75, 3.05) is 39.3 Å². The predicted octanol–water partition coefficient (Wildman–Crippen LogP) is 1.72. The Bertz CT molecular complexity index is 1870. The van der Waals surface area contributed by atoms with Gasteiger partial charge in [0, 0.05) is 90.7 Å². The summed E-state index contributed by atoms with van der Waals surface area (Å²) in [5.74, 6) is -0.620. The topological polar surface area (TPSA) is 179 Å². The van der Waals surface area contributed by atoms with E-state index in [0.29, 0.717) is 27.5 Å². The molecule has 0 bridgehead atoms. The Hall–Kier alpha value is -3.12. The first-order valence-electron chi connectivity index (χ1n) is 17.0. The lowest BCUT2D eigenvalue weighted by Gasteiger charge is -2.46. The van der Waals surface area contributed by atoms with E-state index in [4.69, 9.17) is 16.6 Å². The summed E-state index contributed by atoms with van der Waals surface area (Å²) in [6, 6.07) is 5.49. The van der Waals surface area contributed by atoms with Crippen LogP contribution in [0.5, 0.6) is 0 Å². The number of rotatable bonds is 9. The molecule has 4 aliphatic rings. The van der Waals surface area contributed by atoms with E-state index in [0.717, 1.165) is 10.6 Å². The standard InChI is InChI=1S/C33H42ClN7O7S2/c1-18-19(2)35-13-27-31(18)37-32(49-27)33(46)41-22(5-7-38-16-24(42)11-29(38)44)14-40(15-23(41)6-8-39-17-25(43)12-30(39)45)50(47,48)28-10-20-9-21(34)3-4-26(20)36-28/h3-4,9-10,18-19,22-25,35-36,42-43H,5-8,11-17H2,1-2H3. The Morgan fingerprint density at radius 1 is 0.980 bits per heavy atom. The van der Waals surface area contributed by atoms with E-state index >= 15 is 0 Å². The number of halogens is 1. The molecule has 6 unspecified atom stereocenters. The van der Waals surface area contributed by atoms with Crippen molar-refractivity contribution in [2.24, 2.45) is 0 Å². The third kappa shape index (κ3) is 6.78. The number of aromatic amines is 1. The fraction of sp³-hybridized carbons (Fsp3) is 0.576. The average molecular weight is 748 g/mol. The molecule has 3 saturated heterocycles. The number of carbonyl (C=O) groups is 3. The van der Waals surface area contributed by atoms with Crippen LogP contribution in [0.4, 0.5) is 0 Å². The highest BCUT2D eigenvalue weighted by atomic mass is 35.5. The number of aromatic nitrogens is 2. The highest BCUT2D eigenvalue weighted by Gasteiger charge is 2.45. The number of piperazine rings is 1. The largest absolute Gasteiger partial charge is 0.391 e. The minimum atomic E-state index is -4.11. The summed E-state index contributed by atoms with van der Waals surface area (Å²) < 4.78 is 30.0. The molecule has 0 spiro atoms. The molecule has 0 aliphatic carbocycles. The minimum Gasteiger partial charge on any atom is -0.391 e. The number of H-pyrrole nitrogens is 1. The highest BCUT2D eigenvalue weighted by molar-refractivity contribution is 7.89. The van der Waals surface area contributed by atoms with E-state index in [1.807, 2.05) is 0 Å². The quantitative estimate of drug-likeness (QED) is 0.254. The normalized spacial score (nSPS) is 27.9. The average Bonchev–Trinajstić information content (AvgIpc) is 3.85. The Kier molecular flexibility index (Phi) is 9.73. The maximum absolute atomic E-state index is 14.7. The minimum absolute atomic E-state index is 0.00839. The smallest absolute Gasteiger partial charge is 0.283 e. The number of benzene rings is 1. The van der Waals surface area contributed by atoms with Gasteiger partial charge in [0.15, 0.2) is 5.01 Å². The van der Waals surface area contributed by atoms with Gasteiger partial charge < -0.3 is 35.2 Å². The van der Waals surface area contributed by atoms with Crippen LogP contribution in [-0.4, -0.2) is 135 Å². The summed E-state index contributed by atoms with van der Waals surface area (Å²) in [4.78, 5) is 53.6. The number of amides is 3. The predicted molar refractivity (Wildman–Crippen MR) is 186 cm³/mol. The Morgan fingerprint density at radius 3 is 2.18 bits per heavy atom. The summed E-state index contributed by atoms with van der Waals surface area (Å²) >= 11 is 7.52. The third-order valence-corrected chi connectivity index (χ3v) is 13.6. The van der Waals surface area contributed by atoms with Crippen LogP contribution >= 0.6 is 22.9 Å². The molecule has 270 valence electrons. The molecule has 4 aliphatic heterocycles. The lowest BCUT2D eigenvalue weighted by molar-refractivity contribution is -0.128. The van der Waals surface area contributed by atoms with Crippen molar-refractivity contribution in [3.8, 4) is 0 Å². The second kappa shape index (κ2) is 13.8. The van der Waals surface area contributed by atoms with Gasteiger partial charge in [0.05, 0.1) is 30.7 Å². The summed E-state index contributed by atoms with van der Waals surface area (Å²) in [5, 5.41) is 25.1. The van der Waals surface area contributed by atoms with E-state index in [9.17, 15) is 33.0 Å². The van der Waals surface area contributed by atoms with Gasteiger partial charge in [-0.2, -0.15) is 4.31 Å². The molecule has 3 amide bonds. The first-order chi connectivity index (χ1) is 23.8. The van der Waals surface area contributed by atoms with Gasteiger partial charge in [-0.15, -0.1) is 11.3 Å². The molecule has 0 saturated carbocycles. The number of likely N-dealkylation sites (tertiary alicyclic amines) is 2. The number of fused-ring (bicyclic) bond motifs is 2. The molecule has 6 heterocycles. The number of nitrogens with one attached hydrogen (secondary N) is 2. The summed E-state index contributed by atoms with van der Waals surface area (Å²) in [6.07, 6.45) is -0.996. The van der Waals surface area contributed by atoms with Crippen LogP contribution < -0.4 is 5.32 Å². The molecule has 6 atom stereocenters. The van der Waals surface area contributed by atoms with Crippen molar-refractivity contribution in [3.05, 3.63) is 44.9 Å². The van der Waals surface area contributed by atoms with Crippen molar-refractivity contribution in [2.45, 2.75) is 87.4 Å². The molecule has 1 aromatic carbocycles. The van der Waals surface area contributed by atoms with Gasteiger partial charge in [-0.1, -0.05) is 18.5 Å². The SMILES string of the molecule is CC1NCc2sc(C(=O)N3C(CCN4CC(O)CC4=O)CN(S(=O)(=O)c4cc5cc(Cl)ccc5[nH]4)CC3CCN3CC(O)CC3=O)nc2C1C. The van der Waals surface area contributed by atoms with Gasteiger partial charge >= 0.3 is 0 Å². The monoisotopic (exact) mass is 747 g/mol. The molecule has 2 aromatic heterocycles. The number of hydrogen-bond donors (Lipinski definition) is 4. The molecule has 3 fully saturated rings. The Balaban J connectivity index is 1.24. The lowest BCUT2D eigenvalue weighted by atomic mass is 9.95. The molecular weight excluding hydrogens is 706 g/mol. The van der Waals surface area contributed by atoms with Crippen LogP contribution in [0.25, 0.3) is 10.9 Å². The van der Waals surface area contributed by atoms with E-state index in [2.05, 4.69) is 24.1 Å². The van der Waals surface area contributed by atoms with Gasteiger partial charge in [0.25, 0.3) is 15.9 Å². The molecule has 4 N–H and O–H groups in total. The van der Waals surface area contributed by atoms with Gasteiger partial charge in [-0.3, -0.25) is 14.4 Å². The van der Waals surface area contributed by atoms with E-state index in [-0.39, 0.29) is 99.7 Å². The van der Waals surface area contributed by atoms with E-state index in [1.165, 1.54) is 15.6 Å². The molecular formula is C33H42ClN7O7S2. The fourth-order valence-electron chi connectivity index (χ4n) is 7.62. The second-order valence-electron chi connectivity index (χ2n) is 14.0. The molecule has 0 radical (unpaired) electrons. The van der Waals surface area contributed by atoms with Crippen LogP contribution in [0.2, 0.25) is 5.02 Å². The number of sulfonamides is 1. The molecule has 17 heteroatoms. The van der Waals surface area contributed by atoms with Crippen molar-refractivity contribution in [3.63, 3.8) is 0 Å². The van der Waals surface area contributed by atoms with Gasteiger partial charge in [0.1, 0.15) is 5.03 Å². The maximum atomic E-state index is 14.7. The zero-order chi connectivity index (χ0) is 35.5. The van der Waals surface area contributed by atoms with Crippen LogP contribution in [0.3, 0.4) is 0 Å². The number of nitrogens with zero attached hydrogens (tertiary/aromatic N) is 5. The van der Waals surface area contributed by atoms with Crippen LogP contribution in [0.1, 0.15) is 65.8 Å². The third-order valence-electron chi connectivity index (χ3n) is 10.6. The van der Waals surface area contributed by atoms with Crippen molar-refractivity contribution >= 4 is 61.6 Å². The van der Waals surface area contributed by atoms with Crippen molar-refractivity contribution in [1.82, 2.24) is 34.3 Å². The second-order valence-corrected chi connectivity index (χ2v) is 17.4. The Labute approximate surface area is 299 Å². The molecule has 3 aromatic rings. The first-order valence-corrected chi connectivity index (χ1v) is 19.7. The van der Waals surface area contributed by atoms with Gasteiger partial charge in [-0.05, 0) is 44.0 Å². The number of aliphatic hydroxyl groups excluding tert-OH is 2. The molecule has 50 heavy (non-hydrogen) atoms. The first kappa shape index (κ1) is 35.3. The summed E-state index contributed by atoms with van der Waals surface area (Å²) in [7, 11) is -4.11. The summed E-state index contributed by atoms with van der Waals surface area (Å²) in [5.41, 5.74) is 1.49. The molecule has 7 rings (SSSR count). The maximum Gasteiger partial charge on any atom is 0.283 e. The zero-order valence-corrected chi connectivity index (χ0v) is 30.3. The van der Waals surface area contributed by atoms with Gasteiger partial charge in [-0.25, -0.2) is 13.4 Å². The fourth-order valence-corrected chi connectivity index (χ4v) is 10.4. The number of carbonyl (C=O) groups excluding carboxylic acids is 3. The van der Waals surface area contributed by atoms with Crippen molar-refractivity contribution in [1.29, 1.82) is 0 Å². The van der Waals surface area contributed by atoms with E-state index in [1.54, 1.807) is 39.0 Å². The van der Waals surface area contributed by atoms with Crippen LogP contribution in [0, 0.1) is 0 Å². The van der Waals surface area contributed by atoms with Crippen LogP contribution in [0.15, 0.2) is 29.3 Å². The summed E-state index contributed by atoms with van der Waals surface area (Å²) in [6.45, 7) is 5.46. The lowest BCUT2D eigenvalue weighted by Crippen LogP contribution is -2.62. The van der Waals surface area contributed by atoms with Crippen molar-refractivity contribution < 1.29 is 33.0 Å². The van der Waals surface area contributed by atoms with E-state index < -0.39 is 34.3 Å². The zero-order valence-electron chi connectivity index (χ0n) is 27.9. The number of thiazole rings is 1. The number of β-amino-alcohol motifs (C(OH)–C–C–N with tert-alkyl or cyclic N) is 2. The Morgan fingerprint density at radius 2 is 1.60 bits per heavy atom.